The maximum Gasteiger partial charge on any atom is 0.228 e. The fourth-order valence-corrected chi connectivity index (χ4v) is 2.78. The number of hydrogen-bond donors (Lipinski definition) is 1. The van der Waals surface area contributed by atoms with Crippen LogP contribution in [0.5, 0.6) is 0 Å². The highest BCUT2D eigenvalue weighted by molar-refractivity contribution is 5.81. The van der Waals surface area contributed by atoms with Gasteiger partial charge >= 0.3 is 0 Å². The molecular weight excluding hydrogens is 304 g/mol. The lowest BCUT2D eigenvalue weighted by molar-refractivity contribution is -0.142. The van der Waals surface area contributed by atoms with Crippen molar-refractivity contribution in [2.75, 3.05) is 46.5 Å². The third-order valence-corrected chi connectivity index (χ3v) is 4.31. The van der Waals surface area contributed by atoms with Crippen molar-refractivity contribution in [2.24, 2.45) is 10.8 Å². The SMILES string of the molecule is CCC(C)N(C)CC(C)(C)CN(CCOCCO)C(=O)C(C)(C)C. The van der Waals surface area contributed by atoms with E-state index in [-0.39, 0.29) is 17.9 Å². The summed E-state index contributed by atoms with van der Waals surface area (Å²) in [5, 5.41) is 8.82. The van der Waals surface area contributed by atoms with Crippen molar-refractivity contribution in [3.8, 4) is 0 Å². The molecule has 24 heavy (non-hydrogen) atoms. The number of nitrogens with zero attached hydrogens (tertiary/aromatic N) is 2. The van der Waals surface area contributed by atoms with Crippen LogP contribution in [0.3, 0.4) is 0 Å². The monoisotopic (exact) mass is 344 g/mol. The van der Waals surface area contributed by atoms with E-state index in [4.69, 9.17) is 9.84 Å². The van der Waals surface area contributed by atoms with Crippen LogP contribution < -0.4 is 0 Å². The topological polar surface area (TPSA) is 53.0 Å². The van der Waals surface area contributed by atoms with E-state index in [0.29, 0.717) is 32.3 Å². The summed E-state index contributed by atoms with van der Waals surface area (Å²) in [5.74, 6) is 0.148. The number of aliphatic hydroxyl groups is 1. The number of amides is 1. The van der Waals surface area contributed by atoms with Crippen LogP contribution in [0.4, 0.5) is 0 Å². The lowest BCUT2D eigenvalue weighted by Gasteiger charge is -2.39. The van der Waals surface area contributed by atoms with Gasteiger partial charge in [0.05, 0.1) is 19.8 Å². The van der Waals surface area contributed by atoms with Crippen LogP contribution in [0.2, 0.25) is 0 Å². The first-order valence-corrected chi connectivity index (χ1v) is 9.13. The largest absolute Gasteiger partial charge is 0.394 e. The quantitative estimate of drug-likeness (QED) is 0.586. The van der Waals surface area contributed by atoms with Crippen molar-refractivity contribution < 1.29 is 14.6 Å². The Kier molecular flexibility index (Phi) is 10.1. The molecule has 0 fully saturated rings. The molecule has 0 aliphatic heterocycles. The first-order chi connectivity index (χ1) is 10.9. The fourth-order valence-electron chi connectivity index (χ4n) is 2.78. The molecule has 0 rings (SSSR count). The van der Waals surface area contributed by atoms with Crippen molar-refractivity contribution in [1.29, 1.82) is 0 Å². The third kappa shape index (κ3) is 9.00. The summed E-state index contributed by atoms with van der Waals surface area (Å²) in [5.41, 5.74) is -0.411. The molecule has 1 atom stereocenters. The molecule has 0 bridgehead atoms. The number of carbonyl (C=O) groups is 1. The molecule has 0 aromatic rings. The van der Waals surface area contributed by atoms with Crippen LogP contribution >= 0.6 is 0 Å². The Morgan fingerprint density at radius 2 is 1.71 bits per heavy atom. The van der Waals surface area contributed by atoms with Gasteiger partial charge in [-0.1, -0.05) is 41.5 Å². The Labute approximate surface area is 149 Å². The minimum absolute atomic E-state index is 0.00390. The number of ether oxygens (including phenoxy) is 1. The first kappa shape index (κ1) is 23.4. The molecule has 5 heteroatoms. The number of hydrogen-bond acceptors (Lipinski definition) is 4. The second-order valence-corrected chi connectivity index (χ2v) is 8.65. The van der Waals surface area contributed by atoms with Crippen molar-refractivity contribution in [3.63, 3.8) is 0 Å². The average molecular weight is 345 g/mol. The zero-order valence-corrected chi connectivity index (χ0v) is 17.2. The van der Waals surface area contributed by atoms with E-state index in [2.05, 4.69) is 39.6 Å². The van der Waals surface area contributed by atoms with E-state index in [1.54, 1.807) is 0 Å². The summed E-state index contributed by atoms with van der Waals surface area (Å²) in [6.45, 7) is 17.7. The Morgan fingerprint density at radius 1 is 1.12 bits per heavy atom. The summed E-state index contributed by atoms with van der Waals surface area (Å²) >= 11 is 0. The average Bonchev–Trinajstić information content (AvgIpc) is 2.47. The molecule has 0 saturated carbocycles. The third-order valence-electron chi connectivity index (χ3n) is 4.31. The van der Waals surface area contributed by atoms with E-state index in [1.807, 2.05) is 25.7 Å². The van der Waals surface area contributed by atoms with Gasteiger partial charge in [-0.25, -0.2) is 0 Å². The van der Waals surface area contributed by atoms with E-state index in [9.17, 15) is 4.79 Å². The minimum atomic E-state index is -0.407. The van der Waals surface area contributed by atoms with Gasteiger partial charge in [-0.2, -0.15) is 0 Å². The Hall–Kier alpha value is -0.650. The van der Waals surface area contributed by atoms with Crippen LogP contribution in [0, 0.1) is 10.8 Å². The fraction of sp³-hybridized carbons (Fsp3) is 0.947. The molecule has 0 saturated heterocycles. The van der Waals surface area contributed by atoms with Gasteiger partial charge in [0.25, 0.3) is 0 Å². The van der Waals surface area contributed by atoms with Gasteiger partial charge < -0.3 is 19.6 Å². The van der Waals surface area contributed by atoms with E-state index >= 15 is 0 Å². The summed E-state index contributed by atoms with van der Waals surface area (Å²) < 4.78 is 5.37. The molecule has 0 heterocycles. The molecule has 0 aromatic heterocycles. The molecule has 0 aromatic carbocycles. The van der Waals surface area contributed by atoms with Crippen LogP contribution in [-0.2, 0) is 9.53 Å². The molecule has 1 N–H and O–H groups in total. The van der Waals surface area contributed by atoms with Crippen LogP contribution in [0.15, 0.2) is 0 Å². The zero-order valence-electron chi connectivity index (χ0n) is 17.2. The van der Waals surface area contributed by atoms with Gasteiger partial charge in [0.1, 0.15) is 0 Å². The van der Waals surface area contributed by atoms with Crippen molar-refractivity contribution >= 4 is 5.91 Å². The normalized spacial score (nSPS) is 14.1. The lowest BCUT2D eigenvalue weighted by atomic mass is 9.89. The molecule has 5 nitrogen and oxygen atoms in total. The van der Waals surface area contributed by atoms with Crippen molar-refractivity contribution in [3.05, 3.63) is 0 Å². The standard InChI is InChI=1S/C19H40N2O3/c1-9-16(2)20(8)14-19(6,7)15-21(10-12-24-13-11-22)17(23)18(3,4)5/h16,22H,9-15H2,1-8H3. The second kappa shape index (κ2) is 10.4. The molecule has 0 spiro atoms. The number of rotatable bonds is 11. The Balaban J connectivity index is 4.91. The molecule has 0 aliphatic carbocycles. The summed E-state index contributed by atoms with van der Waals surface area (Å²) in [6, 6.07) is 0.531. The summed E-state index contributed by atoms with van der Waals surface area (Å²) in [6.07, 6.45) is 1.12. The number of aliphatic hydroxyl groups excluding tert-OH is 1. The molecular formula is C19H40N2O3. The van der Waals surface area contributed by atoms with Gasteiger partial charge in [0.2, 0.25) is 5.91 Å². The van der Waals surface area contributed by atoms with Crippen LogP contribution in [0.25, 0.3) is 0 Å². The highest BCUT2D eigenvalue weighted by Gasteiger charge is 2.32. The van der Waals surface area contributed by atoms with E-state index < -0.39 is 5.41 Å². The summed E-state index contributed by atoms with van der Waals surface area (Å²) in [4.78, 5) is 17.1. The van der Waals surface area contributed by atoms with Gasteiger partial charge in [-0.3, -0.25) is 4.79 Å². The van der Waals surface area contributed by atoms with E-state index in [1.165, 1.54) is 0 Å². The highest BCUT2D eigenvalue weighted by Crippen LogP contribution is 2.24. The van der Waals surface area contributed by atoms with Gasteiger partial charge in [0.15, 0.2) is 0 Å². The molecule has 1 unspecified atom stereocenters. The van der Waals surface area contributed by atoms with Crippen molar-refractivity contribution in [2.45, 2.75) is 60.9 Å². The maximum absolute atomic E-state index is 12.8. The first-order valence-electron chi connectivity index (χ1n) is 9.13. The van der Waals surface area contributed by atoms with E-state index in [0.717, 1.165) is 13.0 Å². The molecule has 0 aliphatic rings. The summed E-state index contributed by atoms with van der Waals surface area (Å²) in [7, 11) is 2.15. The predicted octanol–water partition coefficient (Wildman–Crippen LogP) is 2.63. The van der Waals surface area contributed by atoms with Gasteiger partial charge in [-0.15, -0.1) is 0 Å². The second-order valence-electron chi connectivity index (χ2n) is 8.65. The van der Waals surface area contributed by atoms with Gasteiger partial charge in [0, 0.05) is 31.1 Å². The zero-order chi connectivity index (χ0) is 19.0. The Morgan fingerprint density at radius 3 is 2.17 bits per heavy atom. The predicted molar refractivity (Wildman–Crippen MR) is 100 cm³/mol. The van der Waals surface area contributed by atoms with Gasteiger partial charge in [-0.05, 0) is 25.8 Å². The maximum atomic E-state index is 12.8. The Bertz CT molecular complexity index is 364. The smallest absolute Gasteiger partial charge is 0.228 e. The number of carbonyl (C=O) groups excluding carboxylic acids is 1. The minimum Gasteiger partial charge on any atom is -0.394 e. The van der Waals surface area contributed by atoms with Crippen LogP contribution in [-0.4, -0.2) is 73.4 Å². The lowest BCUT2D eigenvalue weighted by Crippen LogP contribution is -2.49. The van der Waals surface area contributed by atoms with Crippen LogP contribution in [0.1, 0.15) is 54.9 Å². The van der Waals surface area contributed by atoms with Crippen molar-refractivity contribution in [1.82, 2.24) is 9.80 Å². The molecule has 1 amide bonds. The molecule has 0 radical (unpaired) electrons. The molecule has 144 valence electrons. The highest BCUT2D eigenvalue weighted by atomic mass is 16.5.